The summed E-state index contributed by atoms with van der Waals surface area (Å²) in [7, 11) is 0. The number of carbonyl (C=O) groups excluding carboxylic acids is 1. The third-order valence-electron chi connectivity index (χ3n) is 4.24. The number of ether oxygens (including phenoxy) is 1. The molecule has 0 saturated heterocycles. The predicted octanol–water partition coefficient (Wildman–Crippen LogP) is 4.87. The molecule has 3 aromatic rings. The van der Waals surface area contributed by atoms with Gasteiger partial charge in [-0.1, -0.05) is 6.07 Å². The van der Waals surface area contributed by atoms with Gasteiger partial charge in [0.05, 0.1) is 5.56 Å². The van der Waals surface area contributed by atoms with Gasteiger partial charge in [-0.2, -0.15) is 0 Å². The number of amides is 2. The van der Waals surface area contributed by atoms with E-state index in [-0.39, 0.29) is 22.5 Å². The first-order valence-corrected chi connectivity index (χ1v) is 9.10. The van der Waals surface area contributed by atoms with Crippen LogP contribution >= 0.6 is 0 Å². The van der Waals surface area contributed by atoms with Gasteiger partial charge >= 0.3 is 18.4 Å². The molecule has 1 aromatic heterocycles. The summed E-state index contributed by atoms with van der Waals surface area (Å²) in [6.07, 6.45) is -3.91. The molecule has 3 rings (SSSR count). The molecule has 33 heavy (non-hydrogen) atoms. The highest BCUT2D eigenvalue weighted by atomic mass is 19.4. The molecular formula is C21H14F5N3O4. The second-order valence-electron chi connectivity index (χ2n) is 6.52. The maximum Gasteiger partial charge on any atom is 0.573 e. The molecule has 2 amide bonds. The number of nitrogens with zero attached hydrogens (tertiary/aromatic N) is 1. The number of hydrogen-bond acceptors (Lipinski definition) is 4. The summed E-state index contributed by atoms with van der Waals surface area (Å²) in [6, 6.07) is 7.49. The lowest BCUT2D eigenvalue weighted by Gasteiger charge is -2.20. The van der Waals surface area contributed by atoms with Crippen molar-refractivity contribution in [2.24, 2.45) is 0 Å². The van der Waals surface area contributed by atoms with Crippen molar-refractivity contribution in [3.63, 3.8) is 0 Å². The zero-order valence-electron chi connectivity index (χ0n) is 16.4. The average molecular weight is 467 g/mol. The van der Waals surface area contributed by atoms with Gasteiger partial charge in [0.2, 0.25) is 0 Å². The summed E-state index contributed by atoms with van der Waals surface area (Å²) in [5.41, 5.74) is -0.266. The number of nitrogens with one attached hydrogen (secondary N) is 2. The van der Waals surface area contributed by atoms with E-state index >= 15 is 0 Å². The van der Waals surface area contributed by atoms with Crippen molar-refractivity contribution in [1.29, 1.82) is 0 Å². The lowest BCUT2D eigenvalue weighted by molar-refractivity contribution is -0.275. The number of carboxylic acid groups (broad SMARTS) is 1. The van der Waals surface area contributed by atoms with Crippen molar-refractivity contribution in [3.8, 4) is 5.75 Å². The van der Waals surface area contributed by atoms with E-state index in [2.05, 4.69) is 20.4 Å². The molecule has 0 radical (unpaired) electrons. The Hall–Kier alpha value is -4.22. The number of urea groups is 1. The number of carboxylic acids is 1. The number of hydrogen-bond donors (Lipinski definition) is 3. The summed E-state index contributed by atoms with van der Waals surface area (Å²) < 4.78 is 69.4. The van der Waals surface area contributed by atoms with Crippen LogP contribution in [0.1, 0.15) is 27.7 Å². The molecule has 2 aromatic carbocycles. The Morgan fingerprint density at radius 3 is 2.27 bits per heavy atom. The first-order valence-electron chi connectivity index (χ1n) is 9.10. The number of anilines is 1. The maximum absolute atomic E-state index is 14.4. The molecule has 3 N–H and O–H groups in total. The molecule has 1 heterocycles. The van der Waals surface area contributed by atoms with Gasteiger partial charge in [0, 0.05) is 11.9 Å². The second kappa shape index (κ2) is 9.51. The van der Waals surface area contributed by atoms with E-state index < -0.39 is 41.8 Å². The van der Waals surface area contributed by atoms with E-state index in [0.29, 0.717) is 12.1 Å². The molecule has 0 saturated carbocycles. The molecule has 172 valence electrons. The summed E-state index contributed by atoms with van der Waals surface area (Å²) in [4.78, 5) is 27.2. The number of pyridine rings is 1. The van der Waals surface area contributed by atoms with E-state index in [1.165, 1.54) is 36.5 Å². The molecular weight excluding hydrogens is 453 g/mol. The van der Waals surface area contributed by atoms with Crippen molar-refractivity contribution in [2.75, 3.05) is 5.32 Å². The van der Waals surface area contributed by atoms with Gasteiger partial charge in [0.25, 0.3) is 0 Å². The summed E-state index contributed by atoms with van der Waals surface area (Å²) in [5.74, 6) is -4.52. The van der Waals surface area contributed by atoms with E-state index in [4.69, 9.17) is 5.11 Å². The Bertz CT molecular complexity index is 1170. The van der Waals surface area contributed by atoms with Crippen LogP contribution in [-0.2, 0) is 0 Å². The number of aromatic carboxylic acids is 1. The number of benzene rings is 2. The van der Waals surface area contributed by atoms with Gasteiger partial charge in [0.1, 0.15) is 17.6 Å². The fourth-order valence-electron chi connectivity index (χ4n) is 2.82. The number of halogens is 5. The Labute approximate surface area is 182 Å². The third-order valence-corrected chi connectivity index (χ3v) is 4.24. The normalized spacial score (nSPS) is 12.0. The summed E-state index contributed by atoms with van der Waals surface area (Å²) in [5, 5.41) is 13.7. The van der Waals surface area contributed by atoms with Gasteiger partial charge in [-0.05, 0) is 54.1 Å². The minimum absolute atomic E-state index is 0.0222. The van der Waals surface area contributed by atoms with Crippen LogP contribution in [0.2, 0.25) is 0 Å². The van der Waals surface area contributed by atoms with Gasteiger partial charge in [0.15, 0.2) is 11.6 Å². The van der Waals surface area contributed by atoms with Crippen LogP contribution in [0.15, 0.2) is 60.8 Å². The van der Waals surface area contributed by atoms with Crippen molar-refractivity contribution >= 4 is 17.7 Å². The Balaban J connectivity index is 1.88. The van der Waals surface area contributed by atoms with Crippen LogP contribution in [0.25, 0.3) is 0 Å². The Morgan fingerprint density at radius 2 is 1.70 bits per heavy atom. The minimum atomic E-state index is -5.12. The number of rotatable bonds is 6. The zero-order valence-corrected chi connectivity index (χ0v) is 16.4. The molecule has 0 aliphatic carbocycles. The second-order valence-corrected chi connectivity index (χ2v) is 6.52. The fourth-order valence-corrected chi connectivity index (χ4v) is 2.82. The maximum atomic E-state index is 14.4. The Morgan fingerprint density at radius 1 is 1.00 bits per heavy atom. The standard InChI is InChI=1S/C21H14F5N3O4/c22-14-2-1-9-27-18(14)17(12-5-8-16(15(23)10-12)33-21(24,25)26)29-20(32)28-13-6-3-11(4-7-13)19(30)31/h1-10,17H,(H,30,31)(H2,28,29,32). The monoisotopic (exact) mass is 467 g/mol. The van der Waals surface area contributed by atoms with Crippen LogP contribution in [0.3, 0.4) is 0 Å². The lowest BCUT2D eigenvalue weighted by Crippen LogP contribution is -2.34. The highest BCUT2D eigenvalue weighted by Crippen LogP contribution is 2.30. The molecule has 0 aliphatic heterocycles. The number of carbonyl (C=O) groups is 2. The van der Waals surface area contributed by atoms with Crippen LogP contribution in [0.5, 0.6) is 5.75 Å². The number of aromatic nitrogens is 1. The van der Waals surface area contributed by atoms with E-state index in [1.807, 2.05) is 0 Å². The molecule has 1 unspecified atom stereocenters. The van der Waals surface area contributed by atoms with Gasteiger partial charge in [-0.15, -0.1) is 13.2 Å². The molecule has 12 heteroatoms. The summed E-state index contributed by atoms with van der Waals surface area (Å²) in [6.45, 7) is 0. The highest BCUT2D eigenvalue weighted by molar-refractivity contribution is 5.91. The van der Waals surface area contributed by atoms with Crippen molar-refractivity contribution in [1.82, 2.24) is 10.3 Å². The van der Waals surface area contributed by atoms with Crippen LogP contribution in [0.4, 0.5) is 32.4 Å². The van der Waals surface area contributed by atoms with E-state index in [9.17, 15) is 31.5 Å². The molecule has 0 aliphatic rings. The van der Waals surface area contributed by atoms with Gasteiger partial charge in [-0.3, -0.25) is 4.98 Å². The Kier molecular flexibility index (Phi) is 6.75. The zero-order chi connectivity index (χ0) is 24.2. The topological polar surface area (TPSA) is 101 Å². The SMILES string of the molecule is O=C(Nc1ccc(C(=O)O)cc1)NC(c1ccc(OC(F)(F)F)c(F)c1)c1ncccc1F. The molecule has 0 bridgehead atoms. The van der Waals surface area contributed by atoms with E-state index in [0.717, 1.165) is 12.1 Å². The lowest BCUT2D eigenvalue weighted by atomic mass is 10.0. The molecule has 1 atom stereocenters. The quantitative estimate of drug-likeness (QED) is 0.450. The highest BCUT2D eigenvalue weighted by Gasteiger charge is 2.33. The van der Waals surface area contributed by atoms with E-state index in [1.54, 1.807) is 0 Å². The van der Waals surface area contributed by atoms with Crippen molar-refractivity contribution in [2.45, 2.75) is 12.4 Å². The summed E-state index contributed by atoms with van der Waals surface area (Å²) >= 11 is 0. The van der Waals surface area contributed by atoms with Crippen LogP contribution < -0.4 is 15.4 Å². The fraction of sp³-hybridized carbons (Fsp3) is 0.0952. The average Bonchev–Trinajstić information content (AvgIpc) is 2.73. The van der Waals surface area contributed by atoms with Gasteiger partial charge < -0.3 is 20.5 Å². The smallest absolute Gasteiger partial charge is 0.478 e. The van der Waals surface area contributed by atoms with Crippen LogP contribution in [0, 0.1) is 11.6 Å². The first kappa shape index (κ1) is 23.4. The first-order chi connectivity index (χ1) is 15.5. The van der Waals surface area contributed by atoms with Crippen molar-refractivity contribution in [3.05, 3.63) is 89.2 Å². The predicted molar refractivity (Wildman–Crippen MR) is 105 cm³/mol. The van der Waals surface area contributed by atoms with Crippen LogP contribution in [-0.4, -0.2) is 28.5 Å². The minimum Gasteiger partial charge on any atom is -0.478 e. The number of alkyl halides is 3. The molecule has 0 spiro atoms. The largest absolute Gasteiger partial charge is 0.573 e. The molecule has 7 nitrogen and oxygen atoms in total. The third kappa shape index (κ3) is 6.15. The van der Waals surface area contributed by atoms with Gasteiger partial charge in [-0.25, -0.2) is 18.4 Å². The van der Waals surface area contributed by atoms with Crippen molar-refractivity contribution < 1.29 is 41.4 Å². The molecule has 0 fully saturated rings.